The summed E-state index contributed by atoms with van der Waals surface area (Å²) < 4.78 is 5.19. The molecule has 1 saturated heterocycles. The van der Waals surface area contributed by atoms with Gasteiger partial charge >= 0.3 is 5.97 Å². The summed E-state index contributed by atoms with van der Waals surface area (Å²) in [4.78, 5) is 15.9. The highest BCUT2D eigenvalue weighted by Crippen LogP contribution is 2.08. The van der Waals surface area contributed by atoms with Gasteiger partial charge in [-0.2, -0.15) is 0 Å². The monoisotopic (exact) mass is 257 g/mol. The third-order valence-corrected chi connectivity index (χ3v) is 3.28. The maximum Gasteiger partial charge on any atom is 0.307 e. The second-order valence-corrected chi connectivity index (χ2v) is 5.31. The molecule has 0 aromatic heterocycles. The molecule has 0 radical (unpaired) electrons. The molecule has 106 valence electrons. The van der Waals surface area contributed by atoms with Gasteiger partial charge in [-0.15, -0.1) is 0 Å². The van der Waals surface area contributed by atoms with E-state index < -0.39 is 0 Å². The summed E-state index contributed by atoms with van der Waals surface area (Å²) >= 11 is 0. The average Bonchev–Trinajstić information content (AvgIpc) is 2.34. The molecule has 1 heterocycles. The van der Waals surface area contributed by atoms with Crippen LogP contribution in [0.25, 0.3) is 0 Å². The van der Waals surface area contributed by atoms with Crippen LogP contribution in [0.2, 0.25) is 0 Å². The Morgan fingerprint density at radius 3 is 2.67 bits per heavy atom. The highest BCUT2D eigenvalue weighted by atomic mass is 16.5. The molecule has 2 N–H and O–H groups in total. The van der Waals surface area contributed by atoms with Gasteiger partial charge in [0.05, 0.1) is 13.0 Å². The van der Waals surface area contributed by atoms with Crippen molar-refractivity contribution in [1.82, 2.24) is 9.80 Å². The van der Waals surface area contributed by atoms with E-state index in [1.54, 1.807) is 0 Å². The highest BCUT2D eigenvalue weighted by Gasteiger charge is 2.16. The molecule has 0 aliphatic carbocycles. The van der Waals surface area contributed by atoms with E-state index in [1.807, 2.05) is 14.1 Å². The lowest BCUT2D eigenvalue weighted by Gasteiger charge is -2.29. The minimum atomic E-state index is -0.0800. The topological polar surface area (TPSA) is 58.8 Å². The fourth-order valence-electron chi connectivity index (χ4n) is 2.06. The number of carbonyl (C=O) groups is 1. The molecule has 18 heavy (non-hydrogen) atoms. The van der Waals surface area contributed by atoms with Crippen LogP contribution in [0, 0.1) is 0 Å². The molecule has 5 nitrogen and oxygen atoms in total. The summed E-state index contributed by atoms with van der Waals surface area (Å²) in [6.45, 7) is 4.31. The van der Waals surface area contributed by atoms with Gasteiger partial charge in [-0.3, -0.25) is 4.79 Å². The van der Waals surface area contributed by atoms with E-state index >= 15 is 0 Å². The van der Waals surface area contributed by atoms with Crippen molar-refractivity contribution in [2.24, 2.45) is 5.73 Å². The Bertz CT molecular complexity index is 238. The van der Waals surface area contributed by atoms with Crippen LogP contribution in [0.3, 0.4) is 0 Å². The number of hydrogen-bond donors (Lipinski definition) is 1. The molecule has 0 aromatic carbocycles. The first kappa shape index (κ1) is 15.4. The minimum Gasteiger partial charge on any atom is -0.466 e. The summed E-state index contributed by atoms with van der Waals surface area (Å²) in [5, 5.41) is 0. The number of rotatable bonds is 7. The van der Waals surface area contributed by atoms with E-state index in [0.29, 0.717) is 19.1 Å². The molecule has 0 saturated carbocycles. The lowest BCUT2D eigenvalue weighted by atomic mass is 10.1. The maximum absolute atomic E-state index is 11.5. The first-order valence-electron chi connectivity index (χ1n) is 6.86. The number of nitrogens with zero attached hydrogens (tertiary/aromatic N) is 2. The van der Waals surface area contributed by atoms with Crippen LogP contribution >= 0.6 is 0 Å². The lowest BCUT2D eigenvalue weighted by Crippen LogP contribution is -2.40. The predicted octanol–water partition coefficient (Wildman–Crippen LogP) is 0.295. The van der Waals surface area contributed by atoms with Crippen molar-refractivity contribution in [3.05, 3.63) is 0 Å². The number of hydrogen-bond acceptors (Lipinski definition) is 5. The number of likely N-dealkylation sites (tertiary alicyclic amines) is 1. The zero-order valence-electron chi connectivity index (χ0n) is 11.7. The van der Waals surface area contributed by atoms with E-state index in [1.165, 1.54) is 0 Å². The fourth-order valence-corrected chi connectivity index (χ4v) is 2.06. The summed E-state index contributed by atoms with van der Waals surface area (Å²) in [5.41, 5.74) is 5.84. The van der Waals surface area contributed by atoms with Gasteiger partial charge in [-0.05, 0) is 46.4 Å². The number of piperidine rings is 1. The Kier molecular flexibility index (Phi) is 7.23. The first-order chi connectivity index (χ1) is 8.58. The van der Waals surface area contributed by atoms with Gasteiger partial charge in [0.1, 0.15) is 0 Å². The smallest absolute Gasteiger partial charge is 0.307 e. The van der Waals surface area contributed by atoms with Gasteiger partial charge < -0.3 is 20.3 Å². The number of ether oxygens (including phenoxy) is 1. The Labute approximate surface area is 110 Å². The van der Waals surface area contributed by atoms with Crippen LogP contribution in [0.4, 0.5) is 0 Å². The van der Waals surface area contributed by atoms with Crippen LogP contribution < -0.4 is 5.73 Å². The normalized spacial score (nSPS) is 18.2. The Morgan fingerprint density at radius 1 is 1.39 bits per heavy atom. The van der Waals surface area contributed by atoms with Crippen molar-refractivity contribution >= 4 is 5.97 Å². The lowest BCUT2D eigenvalue weighted by molar-refractivity contribution is -0.144. The number of nitrogens with two attached hydrogens (primary N) is 1. The van der Waals surface area contributed by atoms with E-state index in [0.717, 1.165) is 45.4 Å². The average molecular weight is 257 g/mol. The Hall–Kier alpha value is -0.650. The van der Waals surface area contributed by atoms with Gasteiger partial charge in [0, 0.05) is 19.1 Å². The summed E-state index contributed by atoms with van der Waals surface area (Å²) in [6.07, 6.45) is 3.48. The van der Waals surface area contributed by atoms with Gasteiger partial charge in [0.15, 0.2) is 0 Å². The molecule has 0 amide bonds. The van der Waals surface area contributed by atoms with Crippen molar-refractivity contribution < 1.29 is 9.53 Å². The van der Waals surface area contributed by atoms with Crippen molar-refractivity contribution in [1.29, 1.82) is 0 Å². The van der Waals surface area contributed by atoms with Crippen LogP contribution in [-0.4, -0.2) is 68.7 Å². The largest absolute Gasteiger partial charge is 0.466 e. The molecule has 1 aliphatic rings. The zero-order valence-corrected chi connectivity index (χ0v) is 11.7. The van der Waals surface area contributed by atoms with E-state index in [-0.39, 0.29) is 5.97 Å². The van der Waals surface area contributed by atoms with Crippen LogP contribution in [0.15, 0.2) is 0 Å². The van der Waals surface area contributed by atoms with Crippen molar-refractivity contribution in [3.63, 3.8) is 0 Å². The number of esters is 1. The molecule has 0 bridgehead atoms. The van der Waals surface area contributed by atoms with Crippen LogP contribution in [0.5, 0.6) is 0 Å². The Morgan fingerprint density at radius 2 is 2.06 bits per heavy atom. The molecule has 0 atom stereocenters. The van der Waals surface area contributed by atoms with E-state index in [9.17, 15) is 4.79 Å². The number of carbonyl (C=O) groups excluding carboxylic acids is 1. The van der Waals surface area contributed by atoms with Gasteiger partial charge in [0.2, 0.25) is 0 Å². The first-order valence-corrected chi connectivity index (χ1v) is 6.86. The molecule has 1 aliphatic heterocycles. The van der Waals surface area contributed by atoms with Crippen LogP contribution in [-0.2, 0) is 9.53 Å². The molecule has 0 spiro atoms. The van der Waals surface area contributed by atoms with E-state index in [4.69, 9.17) is 10.5 Å². The fraction of sp³-hybridized carbons (Fsp3) is 0.923. The molecule has 0 aromatic rings. The van der Waals surface area contributed by atoms with E-state index in [2.05, 4.69) is 9.80 Å². The SMILES string of the molecule is CN(C)CCCOC(=O)CCN1CCC(N)CC1. The van der Waals surface area contributed by atoms with Crippen molar-refractivity contribution in [3.8, 4) is 0 Å². The molecule has 1 rings (SSSR count). The van der Waals surface area contributed by atoms with Gasteiger partial charge in [-0.1, -0.05) is 0 Å². The molecular formula is C13H27N3O2. The Balaban J connectivity index is 1.99. The summed E-state index contributed by atoms with van der Waals surface area (Å²) in [7, 11) is 4.03. The molecular weight excluding hydrogens is 230 g/mol. The third kappa shape index (κ3) is 6.93. The van der Waals surface area contributed by atoms with Crippen molar-refractivity contribution in [2.45, 2.75) is 31.7 Å². The van der Waals surface area contributed by atoms with Crippen LogP contribution in [0.1, 0.15) is 25.7 Å². The van der Waals surface area contributed by atoms with Gasteiger partial charge in [-0.25, -0.2) is 0 Å². The highest BCUT2D eigenvalue weighted by molar-refractivity contribution is 5.69. The summed E-state index contributed by atoms with van der Waals surface area (Å²) in [5.74, 6) is -0.0800. The molecule has 0 unspecified atom stereocenters. The predicted molar refractivity (Wildman–Crippen MR) is 72.4 cm³/mol. The second-order valence-electron chi connectivity index (χ2n) is 5.31. The van der Waals surface area contributed by atoms with Gasteiger partial charge in [0.25, 0.3) is 0 Å². The summed E-state index contributed by atoms with van der Waals surface area (Å²) in [6, 6.07) is 0.347. The third-order valence-electron chi connectivity index (χ3n) is 3.28. The quantitative estimate of drug-likeness (QED) is 0.525. The second kappa shape index (κ2) is 8.45. The molecule has 5 heteroatoms. The maximum atomic E-state index is 11.5. The van der Waals surface area contributed by atoms with Crippen molar-refractivity contribution in [2.75, 3.05) is 46.9 Å². The standard InChI is InChI=1S/C13H27N3O2/c1-15(2)7-3-11-18-13(17)6-10-16-8-4-12(14)5-9-16/h12H,3-11,14H2,1-2H3. The minimum absolute atomic E-state index is 0.0800. The molecule has 1 fully saturated rings. The zero-order chi connectivity index (χ0) is 13.4.